The van der Waals surface area contributed by atoms with Crippen LogP contribution in [0.5, 0.6) is 5.75 Å². The van der Waals surface area contributed by atoms with Crippen molar-refractivity contribution in [2.45, 2.75) is 13.5 Å². The van der Waals surface area contributed by atoms with Crippen LogP contribution in [0.25, 0.3) is 0 Å². The van der Waals surface area contributed by atoms with E-state index in [1.807, 2.05) is 19.1 Å². The number of rotatable bonds is 4. The number of oxime groups is 1. The third kappa shape index (κ3) is 2.85. The molecule has 1 heterocycles. The van der Waals surface area contributed by atoms with Crippen molar-refractivity contribution in [1.82, 2.24) is 9.78 Å². The number of aryl methyl sites for hydroxylation is 1. The SMILES string of the molecule is COc1cc(Cn2cc(Cl)c(C)n2)ccc1/C(N)=N/O. The molecule has 7 heteroatoms. The van der Waals surface area contributed by atoms with E-state index < -0.39 is 0 Å². The summed E-state index contributed by atoms with van der Waals surface area (Å²) in [7, 11) is 1.53. The molecule has 0 amide bonds. The van der Waals surface area contributed by atoms with Crippen molar-refractivity contribution in [3.05, 3.63) is 46.2 Å². The monoisotopic (exact) mass is 294 g/mol. The molecule has 3 N–H and O–H groups in total. The van der Waals surface area contributed by atoms with Crippen LogP contribution >= 0.6 is 11.6 Å². The Bertz CT molecular complexity index is 632. The predicted molar refractivity (Wildman–Crippen MR) is 76.6 cm³/mol. The Hall–Kier alpha value is -2.21. The molecular formula is C13H15ClN4O2. The summed E-state index contributed by atoms with van der Waals surface area (Å²) in [6.45, 7) is 2.40. The van der Waals surface area contributed by atoms with Crippen LogP contribution in [0.2, 0.25) is 5.02 Å². The van der Waals surface area contributed by atoms with Gasteiger partial charge in [-0.15, -0.1) is 0 Å². The Balaban J connectivity index is 2.30. The van der Waals surface area contributed by atoms with Crippen molar-refractivity contribution in [2.75, 3.05) is 7.11 Å². The van der Waals surface area contributed by atoms with E-state index in [2.05, 4.69) is 10.3 Å². The van der Waals surface area contributed by atoms with E-state index >= 15 is 0 Å². The molecule has 0 saturated heterocycles. The standard InChI is InChI=1S/C13H15ClN4O2/c1-8-11(14)7-18(16-8)6-9-3-4-10(13(15)17-19)12(5-9)20-2/h3-5,7,19H,6H2,1-2H3,(H2,15,17). The zero-order valence-electron chi connectivity index (χ0n) is 11.2. The number of aromatic nitrogens is 2. The average molecular weight is 295 g/mol. The van der Waals surface area contributed by atoms with Crippen LogP contribution in [-0.2, 0) is 6.54 Å². The highest BCUT2D eigenvalue weighted by molar-refractivity contribution is 6.31. The minimum atomic E-state index is 0.00591. The molecule has 1 aromatic heterocycles. The van der Waals surface area contributed by atoms with Gasteiger partial charge in [-0.3, -0.25) is 4.68 Å². The first-order valence-electron chi connectivity index (χ1n) is 5.89. The molecule has 106 valence electrons. The number of amidine groups is 1. The van der Waals surface area contributed by atoms with E-state index in [1.165, 1.54) is 7.11 Å². The second-order valence-electron chi connectivity index (χ2n) is 4.28. The first kappa shape index (κ1) is 14.2. The van der Waals surface area contributed by atoms with E-state index in [4.69, 9.17) is 27.3 Å². The lowest BCUT2D eigenvalue weighted by Gasteiger charge is -2.09. The van der Waals surface area contributed by atoms with Crippen LogP contribution in [0.1, 0.15) is 16.8 Å². The molecule has 0 atom stereocenters. The van der Waals surface area contributed by atoms with Crippen molar-refractivity contribution < 1.29 is 9.94 Å². The van der Waals surface area contributed by atoms with Crippen molar-refractivity contribution >= 4 is 17.4 Å². The number of benzene rings is 1. The van der Waals surface area contributed by atoms with Gasteiger partial charge in [-0.1, -0.05) is 22.8 Å². The summed E-state index contributed by atoms with van der Waals surface area (Å²) < 4.78 is 6.99. The zero-order valence-corrected chi connectivity index (χ0v) is 11.9. The Labute approximate surface area is 121 Å². The highest BCUT2D eigenvalue weighted by atomic mass is 35.5. The highest BCUT2D eigenvalue weighted by Gasteiger charge is 2.10. The fourth-order valence-corrected chi connectivity index (χ4v) is 2.01. The first-order chi connectivity index (χ1) is 9.55. The number of halogens is 1. The molecule has 1 aromatic carbocycles. The minimum Gasteiger partial charge on any atom is -0.496 e. The molecule has 0 bridgehead atoms. The average Bonchev–Trinajstić information content (AvgIpc) is 2.76. The molecule has 6 nitrogen and oxygen atoms in total. The molecular weight excluding hydrogens is 280 g/mol. The number of methoxy groups -OCH3 is 1. The lowest BCUT2D eigenvalue weighted by Crippen LogP contribution is -2.14. The Morgan fingerprint density at radius 2 is 2.30 bits per heavy atom. The van der Waals surface area contributed by atoms with Crippen LogP contribution in [-0.4, -0.2) is 27.9 Å². The van der Waals surface area contributed by atoms with Gasteiger partial charge in [0.2, 0.25) is 0 Å². The fraction of sp³-hybridized carbons (Fsp3) is 0.231. The van der Waals surface area contributed by atoms with Gasteiger partial charge in [0.05, 0.1) is 29.9 Å². The quantitative estimate of drug-likeness (QED) is 0.391. The van der Waals surface area contributed by atoms with Crippen LogP contribution in [0.15, 0.2) is 29.6 Å². The molecule has 0 aliphatic heterocycles. The van der Waals surface area contributed by atoms with Gasteiger partial charge in [-0.2, -0.15) is 5.10 Å². The minimum absolute atomic E-state index is 0.00591. The lowest BCUT2D eigenvalue weighted by molar-refractivity contribution is 0.318. The molecule has 2 aromatic rings. The Morgan fingerprint density at radius 3 is 2.85 bits per heavy atom. The number of nitrogens with two attached hydrogens (primary N) is 1. The lowest BCUT2D eigenvalue weighted by atomic mass is 10.1. The van der Waals surface area contributed by atoms with Gasteiger partial charge in [0.15, 0.2) is 5.84 Å². The maximum absolute atomic E-state index is 8.72. The summed E-state index contributed by atoms with van der Waals surface area (Å²) >= 11 is 5.97. The molecule has 2 rings (SSSR count). The molecule has 0 aliphatic rings. The van der Waals surface area contributed by atoms with E-state index in [-0.39, 0.29) is 5.84 Å². The molecule has 0 saturated carbocycles. The summed E-state index contributed by atoms with van der Waals surface area (Å²) in [4.78, 5) is 0. The topological polar surface area (TPSA) is 85.7 Å². The summed E-state index contributed by atoms with van der Waals surface area (Å²) in [5, 5.41) is 16.6. The number of hydrogen-bond donors (Lipinski definition) is 2. The van der Waals surface area contributed by atoms with Crippen LogP contribution in [0.3, 0.4) is 0 Å². The predicted octanol–water partition coefficient (Wildman–Crippen LogP) is 2.00. The highest BCUT2D eigenvalue weighted by Crippen LogP contribution is 2.21. The third-order valence-corrected chi connectivity index (χ3v) is 3.25. The maximum Gasteiger partial charge on any atom is 0.173 e. The largest absolute Gasteiger partial charge is 0.496 e. The van der Waals surface area contributed by atoms with Gasteiger partial charge in [0.25, 0.3) is 0 Å². The van der Waals surface area contributed by atoms with Crippen LogP contribution in [0, 0.1) is 6.92 Å². The van der Waals surface area contributed by atoms with Crippen LogP contribution in [0.4, 0.5) is 0 Å². The fourth-order valence-electron chi connectivity index (χ4n) is 1.86. The van der Waals surface area contributed by atoms with Gasteiger partial charge in [-0.25, -0.2) is 0 Å². The van der Waals surface area contributed by atoms with E-state index in [0.717, 1.165) is 11.3 Å². The van der Waals surface area contributed by atoms with Crippen molar-refractivity contribution in [3.8, 4) is 5.75 Å². The number of nitrogens with zero attached hydrogens (tertiary/aromatic N) is 3. The summed E-state index contributed by atoms with van der Waals surface area (Å²) in [6.07, 6.45) is 1.76. The van der Waals surface area contributed by atoms with Gasteiger partial charge in [-0.05, 0) is 24.6 Å². The summed E-state index contributed by atoms with van der Waals surface area (Å²) in [5.74, 6) is 0.541. The van der Waals surface area contributed by atoms with E-state index in [9.17, 15) is 0 Å². The second kappa shape index (κ2) is 5.83. The Morgan fingerprint density at radius 1 is 1.55 bits per heavy atom. The maximum atomic E-state index is 8.72. The molecule has 0 aliphatic carbocycles. The first-order valence-corrected chi connectivity index (χ1v) is 6.27. The van der Waals surface area contributed by atoms with Gasteiger partial charge < -0.3 is 15.7 Å². The zero-order chi connectivity index (χ0) is 14.7. The van der Waals surface area contributed by atoms with Crippen molar-refractivity contribution in [1.29, 1.82) is 0 Å². The van der Waals surface area contributed by atoms with Gasteiger partial charge in [0, 0.05) is 6.20 Å². The molecule has 0 unspecified atom stereocenters. The summed E-state index contributed by atoms with van der Waals surface area (Å²) in [5.41, 5.74) is 7.87. The molecule has 0 spiro atoms. The second-order valence-corrected chi connectivity index (χ2v) is 4.69. The molecule has 0 radical (unpaired) electrons. The summed E-state index contributed by atoms with van der Waals surface area (Å²) in [6, 6.07) is 5.42. The van der Waals surface area contributed by atoms with E-state index in [1.54, 1.807) is 16.9 Å². The van der Waals surface area contributed by atoms with Crippen LogP contribution < -0.4 is 10.5 Å². The van der Waals surface area contributed by atoms with Gasteiger partial charge in [0.1, 0.15) is 5.75 Å². The molecule has 0 fully saturated rings. The third-order valence-electron chi connectivity index (χ3n) is 2.88. The van der Waals surface area contributed by atoms with Gasteiger partial charge >= 0.3 is 0 Å². The number of hydrogen-bond acceptors (Lipinski definition) is 4. The van der Waals surface area contributed by atoms with Crippen molar-refractivity contribution in [3.63, 3.8) is 0 Å². The van der Waals surface area contributed by atoms with E-state index in [0.29, 0.717) is 22.9 Å². The Kier molecular flexibility index (Phi) is 4.14. The van der Waals surface area contributed by atoms with Crippen molar-refractivity contribution in [2.24, 2.45) is 10.9 Å². The smallest absolute Gasteiger partial charge is 0.173 e. The normalized spacial score (nSPS) is 11.7. The molecule has 20 heavy (non-hydrogen) atoms. The number of ether oxygens (including phenoxy) is 1.